The maximum Gasteiger partial charge on any atom is 0.0354 e. The molecule has 1 atom stereocenters. The summed E-state index contributed by atoms with van der Waals surface area (Å²) in [4.78, 5) is 2.67. The molecule has 130 valence electrons. The second kappa shape index (κ2) is 10.8. The van der Waals surface area contributed by atoms with Gasteiger partial charge in [0.05, 0.1) is 0 Å². The third-order valence-corrected chi connectivity index (χ3v) is 4.80. The van der Waals surface area contributed by atoms with Crippen molar-refractivity contribution in [2.75, 3.05) is 39.3 Å². The van der Waals surface area contributed by atoms with Crippen LogP contribution in [0.25, 0.3) is 0 Å². The van der Waals surface area contributed by atoms with Crippen molar-refractivity contribution in [2.24, 2.45) is 11.5 Å². The molecule has 4 heteroatoms. The van der Waals surface area contributed by atoms with E-state index in [4.69, 9.17) is 11.5 Å². The Bertz CT molecular complexity index is 435. The van der Waals surface area contributed by atoms with Crippen LogP contribution in [0.3, 0.4) is 0 Å². The van der Waals surface area contributed by atoms with Crippen LogP contribution < -0.4 is 16.8 Å². The summed E-state index contributed by atoms with van der Waals surface area (Å²) in [5, 5.41) is 3.47. The van der Waals surface area contributed by atoms with Crippen molar-refractivity contribution in [3.8, 4) is 0 Å². The van der Waals surface area contributed by atoms with Crippen LogP contribution >= 0.6 is 0 Å². The molecule has 0 bridgehead atoms. The molecular formula is C19H34N4. The molecule has 0 saturated carbocycles. The fourth-order valence-electron chi connectivity index (χ4n) is 3.55. The van der Waals surface area contributed by atoms with Gasteiger partial charge in [-0.05, 0) is 88.9 Å². The quantitative estimate of drug-likeness (QED) is 0.516. The largest absolute Gasteiger partial charge is 0.330 e. The Hall–Kier alpha value is -0.940. The van der Waals surface area contributed by atoms with Crippen molar-refractivity contribution < 1.29 is 0 Å². The molecule has 1 aromatic rings. The standard InChI is InChI=1S/C19H34N4/c20-11-5-14-22-13-3-4-15-23(16-6-12-21)19-10-9-17-7-1-2-8-18(17)19/h1-2,7-8,19,22H,3-6,9-16,20-21H2. The van der Waals surface area contributed by atoms with E-state index in [1.54, 1.807) is 11.1 Å². The molecule has 0 amide bonds. The van der Waals surface area contributed by atoms with Crippen molar-refractivity contribution in [3.05, 3.63) is 35.4 Å². The molecule has 1 unspecified atom stereocenters. The van der Waals surface area contributed by atoms with Gasteiger partial charge in [0.2, 0.25) is 0 Å². The van der Waals surface area contributed by atoms with Gasteiger partial charge in [0.15, 0.2) is 0 Å². The molecule has 0 aromatic heterocycles. The molecular weight excluding hydrogens is 284 g/mol. The molecule has 0 spiro atoms. The normalized spacial score (nSPS) is 16.9. The zero-order valence-electron chi connectivity index (χ0n) is 14.5. The van der Waals surface area contributed by atoms with E-state index in [0.717, 1.165) is 45.6 Å². The fourth-order valence-corrected chi connectivity index (χ4v) is 3.55. The highest BCUT2D eigenvalue weighted by atomic mass is 15.2. The van der Waals surface area contributed by atoms with Crippen molar-refractivity contribution in [1.29, 1.82) is 0 Å². The van der Waals surface area contributed by atoms with Crippen LogP contribution in [0.5, 0.6) is 0 Å². The topological polar surface area (TPSA) is 67.3 Å². The molecule has 0 fully saturated rings. The van der Waals surface area contributed by atoms with Crippen LogP contribution in [0.2, 0.25) is 0 Å². The Morgan fingerprint density at radius 1 is 0.957 bits per heavy atom. The van der Waals surface area contributed by atoms with Crippen molar-refractivity contribution in [2.45, 2.75) is 44.6 Å². The smallest absolute Gasteiger partial charge is 0.0354 e. The molecule has 2 rings (SSSR count). The summed E-state index contributed by atoms with van der Waals surface area (Å²) in [6.07, 6.45) is 7.13. The third-order valence-electron chi connectivity index (χ3n) is 4.80. The average Bonchev–Trinajstić information content (AvgIpc) is 3.01. The van der Waals surface area contributed by atoms with Gasteiger partial charge in [-0.2, -0.15) is 0 Å². The van der Waals surface area contributed by atoms with Crippen molar-refractivity contribution in [3.63, 3.8) is 0 Å². The van der Waals surface area contributed by atoms with Crippen LogP contribution in [0, 0.1) is 0 Å². The lowest BCUT2D eigenvalue weighted by atomic mass is 10.1. The minimum Gasteiger partial charge on any atom is -0.330 e. The molecule has 23 heavy (non-hydrogen) atoms. The van der Waals surface area contributed by atoms with Gasteiger partial charge in [0.1, 0.15) is 0 Å². The average molecular weight is 319 g/mol. The van der Waals surface area contributed by atoms with E-state index in [9.17, 15) is 0 Å². The Labute approximate surface area is 141 Å². The van der Waals surface area contributed by atoms with Gasteiger partial charge in [0.25, 0.3) is 0 Å². The molecule has 4 nitrogen and oxygen atoms in total. The molecule has 1 aromatic carbocycles. The summed E-state index contributed by atoms with van der Waals surface area (Å²) in [5.74, 6) is 0. The number of aryl methyl sites for hydroxylation is 1. The minimum absolute atomic E-state index is 0.600. The van der Waals surface area contributed by atoms with Crippen LogP contribution in [-0.2, 0) is 6.42 Å². The highest BCUT2D eigenvalue weighted by molar-refractivity contribution is 5.34. The summed E-state index contributed by atoms with van der Waals surface area (Å²) in [6, 6.07) is 9.55. The number of benzene rings is 1. The van der Waals surface area contributed by atoms with Gasteiger partial charge in [-0.15, -0.1) is 0 Å². The molecule has 1 aliphatic rings. The molecule has 1 aliphatic carbocycles. The number of nitrogens with zero attached hydrogens (tertiary/aromatic N) is 1. The number of hydrogen-bond acceptors (Lipinski definition) is 4. The highest BCUT2D eigenvalue weighted by Crippen LogP contribution is 2.35. The molecule has 0 saturated heterocycles. The van der Waals surface area contributed by atoms with Crippen LogP contribution in [0.1, 0.15) is 49.3 Å². The third kappa shape index (κ3) is 5.88. The van der Waals surface area contributed by atoms with Crippen LogP contribution in [0.4, 0.5) is 0 Å². The first kappa shape index (κ1) is 18.4. The van der Waals surface area contributed by atoms with Gasteiger partial charge in [-0.3, -0.25) is 4.90 Å². The van der Waals surface area contributed by atoms with E-state index in [1.807, 2.05) is 0 Å². The first-order chi connectivity index (χ1) is 11.4. The number of rotatable bonds is 12. The van der Waals surface area contributed by atoms with E-state index in [2.05, 4.69) is 34.5 Å². The maximum atomic E-state index is 5.75. The predicted octanol–water partition coefficient (Wildman–Crippen LogP) is 2.04. The first-order valence-electron chi connectivity index (χ1n) is 9.29. The first-order valence-corrected chi connectivity index (χ1v) is 9.29. The predicted molar refractivity (Wildman–Crippen MR) is 98.5 cm³/mol. The van der Waals surface area contributed by atoms with Gasteiger partial charge >= 0.3 is 0 Å². The Balaban J connectivity index is 1.79. The monoisotopic (exact) mass is 318 g/mol. The van der Waals surface area contributed by atoms with E-state index < -0.39 is 0 Å². The zero-order chi connectivity index (χ0) is 16.3. The van der Waals surface area contributed by atoms with Crippen LogP contribution in [-0.4, -0.2) is 44.2 Å². The molecule has 0 heterocycles. The number of unbranched alkanes of at least 4 members (excludes halogenated alkanes) is 1. The molecule has 0 aliphatic heterocycles. The summed E-state index contributed by atoms with van der Waals surface area (Å²) in [6.45, 7) is 6.01. The lowest BCUT2D eigenvalue weighted by Gasteiger charge is -2.29. The summed E-state index contributed by atoms with van der Waals surface area (Å²) in [7, 11) is 0. The van der Waals surface area contributed by atoms with Crippen molar-refractivity contribution >= 4 is 0 Å². The lowest BCUT2D eigenvalue weighted by molar-refractivity contribution is 0.191. The van der Waals surface area contributed by atoms with Gasteiger partial charge in [-0.1, -0.05) is 24.3 Å². The van der Waals surface area contributed by atoms with E-state index in [-0.39, 0.29) is 0 Å². The number of fused-ring (bicyclic) bond motifs is 1. The molecule has 0 radical (unpaired) electrons. The summed E-state index contributed by atoms with van der Waals surface area (Å²) < 4.78 is 0. The number of nitrogens with two attached hydrogens (primary N) is 2. The second-order valence-electron chi connectivity index (χ2n) is 6.53. The highest BCUT2D eigenvalue weighted by Gasteiger charge is 2.26. The fraction of sp³-hybridized carbons (Fsp3) is 0.684. The summed E-state index contributed by atoms with van der Waals surface area (Å²) >= 11 is 0. The Morgan fingerprint density at radius 2 is 1.70 bits per heavy atom. The summed E-state index contributed by atoms with van der Waals surface area (Å²) in [5.41, 5.74) is 14.3. The Morgan fingerprint density at radius 3 is 2.52 bits per heavy atom. The Kier molecular flexibility index (Phi) is 8.61. The van der Waals surface area contributed by atoms with Gasteiger partial charge in [0, 0.05) is 6.04 Å². The molecule has 5 N–H and O–H groups in total. The lowest BCUT2D eigenvalue weighted by Crippen LogP contribution is -2.31. The van der Waals surface area contributed by atoms with E-state index in [0.29, 0.717) is 6.04 Å². The van der Waals surface area contributed by atoms with E-state index in [1.165, 1.54) is 32.2 Å². The zero-order valence-corrected chi connectivity index (χ0v) is 14.5. The minimum atomic E-state index is 0.600. The number of hydrogen-bond donors (Lipinski definition) is 3. The SMILES string of the molecule is NCCCNCCCCN(CCCN)C1CCc2ccccc21. The van der Waals surface area contributed by atoms with Gasteiger partial charge in [-0.25, -0.2) is 0 Å². The van der Waals surface area contributed by atoms with E-state index >= 15 is 0 Å². The van der Waals surface area contributed by atoms with Gasteiger partial charge < -0.3 is 16.8 Å². The maximum absolute atomic E-state index is 5.75. The van der Waals surface area contributed by atoms with Crippen LogP contribution in [0.15, 0.2) is 24.3 Å². The number of nitrogens with one attached hydrogen (secondary N) is 1. The van der Waals surface area contributed by atoms with Crippen molar-refractivity contribution in [1.82, 2.24) is 10.2 Å². The second-order valence-corrected chi connectivity index (χ2v) is 6.53.